The molecule has 0 spiro atoms. The number of carbonyl (C=O) groups is 1. The lowest BCUT2D eigenvalue weighted by Crippen LogP contribution is -2.44. The van der Waals surface area contributed by atoms with E-state index in [1.165, 1.54) is 11.6 Å². The average Bonchev–Trinajstić information content (AvgIpc) is 3.76. The van der Waals surface area contributed by atoms with Gasteiger partial charge in [0.15, 0.2) is 11.6 Å². The molecule has 12 heteroatoms. The van der Waals surface area contributed by atoms with Crippen LogP contribution >= 0.6 is 0 Å². The van der Waals surface area contributed by atoms with E-state index in [0.717, 1.165) is 42.3 Å². The van der Waals surface area contributed by atoms with E-state index in [-0.39, 0.29) is 17.8 Å². The number of fused-ring (bicyclic) bond motifs is 1. The molecule has 3 aromatic heterocycles. The van der Waals surface area contributed by atoms with Gasteiger partial charge in [0.25, 0.3) is 5.91 Å². The van der Waals surface area contributed by atoms with E-state index >= 15 is 0 Å². The zero-order valence-electron chi connectivity index (χ0n) is 26.7. The van der Waals surface area contributed by atoms with Gasteiger partial charge in [-0.15, -0.1) is 0 Å². The molecule has 0 radical (unpaired) electrons. The van der Waals surface area contributed by atoms with Crippen LogP contribution in [-0.4, -0.2) is 68.9 Å². The molecule has 0 unspecified atom stereocenters. The predicted molar refractivity (Wildman–Crippen MR) is 180 cm³/mol. The summed E-state index contributed by atoms with van der Waals surface area (Å²) in [6.45, 7) is 5.15. The maximum Gasteiger partial charge on any atom is 0.416 e. The Kier molecular flexibility index (Phi) is 8.44. The molecule has 5 aromatic rings. The van der Waals surface area contributed by atoms with Gasteiger partial charge in [0, 0.05) is 73.8 Å². The summed E-state index contributed by atoms with van der Waals surface area (Å²) in [6.07, 6.45) is 4.05. The molecular weight excluding hydrogens is 617 g/mol. The van der Waals surface area contributed by atoms with Gasteiger partial charge in [0.1, 0.15) is 5.52 Å². The van der Waals surface area contributed by atoms with E-state index in [1.54, 1.807) is 30.7 Å². The van der Waals surface area contributed by atoms with Gasteiger partial charge in [0.05, 0.1) is 11.1 Å². The number of H-pyrrole nitrogens is 1. The molecule has 7 rings (SSSR count). The summed E-state index contributed by atoms with van der Waals surface area (Å²) in [6, 6.07) is 13.2. The van der Waals surface area contributed by atoms with Gasteiger partial charge in [-0.3, -0.25) is 14.7 Å². The first-order chi connectivity index (χ1) is 23.1. The summed E-state index contributed by atoms with van der Waals surface area (Å²) in [5.74, 6) is 0.534. The lowest BCUT2D eigenvalue weighted by atomic mass is 9.96. The number of amides is 1. The number of hydrogen-bond acceptors (Lipinski definition) is 7. The van der Waals surface area contributed by atoms with Crippen LogP contribution < -0.4 is 10.6 Å². The number of piperazine rings is 1. The van der Waals surface area contributed by atoms with Crippen molar-refractivity contribution >= 4 is 34.1 Å². The summed E-state index contributed by atoms with van der Waals surface area (Å²) in [7, 11) is 2.01. The number of aryl methyl sites for hydroxylation is 1. The van der Waals surface area contributed by atoms with Gasteiger partial charge in [-0.25, -0.2) is 9.97 Å². The second-order valence-corrected chi connectivity index (χ2v) is 12.4. The first kappa shape index (κ1) is 31.5. The number of pyridine rings is 1. The Morgan fingerprint density at radius 1 is 1.04 bits per heavy atom. The molecule has 246 valence electrons. The van der Waals surface area contributed by atoms with E-state index in [4.69, 9.17) is 4.98 Å². The number of benzene rings is 2. The quantitative estimate of drug-likeness (QED) is 0.148. The monoisotopic (exact) mass is 652 g/mol. The molecular formula is C36H35F3N8O. The first-order valence-electron chi connectivity index (χ1n) is 15.9. The van der Waals surface area contributed by atoms with Gasteiger partial charge in [-0.1, -0.05) is 23.8 Å². The standard InChI is InChI=1S/C36H35F3N8O/c1-22-5-10-27(35(48)42-26-9-8-25(29(19-26)36(37,38)39)21-47-16-14-46(2)15-17-47)28(18-23-6-7-23)31(22)44-34-32-30(11-13-41-32)43-33(45-34)24-4-3-12-40-20-24/h3-6,8-13,19-20,41H,7,14-18,21H2,1-2H3,(H,42,48)(H,43,44,45). The minimum atomic E-state index is -4.57. The van der Waals surface area contributed by atoms with Crippen molar-refractivity contribution in [2.45, 2.75) is 32.5 Å². The Morgan fingerprint density at radius 3 is 2.58 bits per heavy atom. The van der Waals surface area contributed by atoms with Crippen molar-refractivity contribution in [1.82, 2.24) is 29.7 Å². The van der Waals surface area contributed by atoms with Crippen molar-refractivity contribution in [1.29, 1.82) is 0 Å². The number of nitrogens with one attached hydrogen (secondary N) is 3. The highest BCUT2D eigenvalue weighted by Gasteiger charge is 2.34. The average molecular weight is 653 g/mol. The minimum Gasteiger partial charge on any atom is -0.357 e. The number of rotatable bonds is 9. The number of nitrogens with zero attached hydrogens (tertiary/aromatic N) is 5. The highest BCUT2D eigenvalue weighted by atomic mass is 19.4. The summed E-state index contributed by atoms with van der Waals surface area (Å²) in [4.78, 5) is 35.0. The number of likely N-dealkylation sites (N-methyl/N-ethyl adjacent to an activating group) is 1. The van der Waals surface area contributed by atoms with Gasteiger partial charge >= 0.3 is 6.18 Å². The zero-order chi connectivity index (χ0) is 33.4. The summed E-state index contributed by atoms with van der Waals surface area (Å²) in [5, 5.41) is 6.25. The topological polar surface area (TPSA) is 102 Å². The van der Waals surface area contributed by atoms with Crippen LogP contribution in [-0.2, 0) is 19.1 Å². The Morgan fingerprint density at radius 2 is 1.85 bits per heavy atom. The molecule has 9 nitrogen and oxygen atoms in total. The van der Waals surface area contributed by atoms with Crippen LogP contribution in [0.25, 0.3) is 22.4 Å². The molecule has 4 heterocycles. The largest absolute Gasteiger partial charge is 0.416 e. The van der Waals surface area contributed by atoms with Crippen LogP contribution in [0.3, 0.4) is 0 Å². The van der Waals surface area contributed by atoms with Gasteiger partial charge in [-0.05, 0) is 79.9 Å². The molecule has 1 amide bonds. The third kappa shape index (κ3) is 6.80. The number of halogens is 3. The summed E-state index contributed by atoms with van der Waals surface area (Å²) >= 11 is 0. The van der Waals surface area contributed by atoms with E-state index in [1.807, 2.05) is 43.1 Å². The zero-order valence-corrected chi connectivity index (χ0v) is 26.7. The van der Waals surface area contributed by atoms with Crippen LogP contribution in [0.1, 0.15) is 39.0 Å². The van der Waals surface area contributed by atoms with Gasteiger partial charge < -0.3 is 20.5 Å². The number of carbonyl (C=O) groups excluding carboxylic acids is 1. The number of alkyl halides is 3. The molecule has 0 atom stereocenters. The maximum atomic E-state index is 14.3. The van der Waals surface area contributed by atoms with E-state index < -0.39 is 17.6 Å². The minimum absolute atomic E-state index is 0.0890. The lowest BCUT2D eigenvalue weighted by Gasteiger charge is -2.33. The predicted octanol–water partition coefficient (Wildman–Crippen LogP) is 6.96. The molecule has 48 heavy (non-hydrogen) atoms. The summed E-state index contributed by atoms with van der Waals surface area (Å²) in [5.41, 5.74) is 5.58. The number of anilines is 3. The van der Waals surface area contributed by atoms with Crippen LogP contribution in [0.5, 0.6) is 0 Å². The second kappa shape index (κ2) is 12.9. The maximum absolute atomic E-state index is 14.3. The van der Waals surface area contributed by atoms with Crippen molar-refractivity contribution in [3.63, 3.8) is 0 Å². The molecule has 2 aromatic carbocycles. The molecule has 2 aliphatic rings. The fraction of sp³-hybridized carbons (Fsp3) is 0.278. The number of allylic oxidation sites excluding steroid dienone is 2. The molecule has 1 saturated heterocycles. The van der Waals surface area contributed by atoms with Crippen molar-refractivity contribution in [2.24, 2.45) is 0 Å². The smallest absolute Gasteiger partial charge is 0.357 e. The van der Waals surface area contributed by atoms with Crippen molar-refractivity contribution in [3.05, 3.63) is 107 Å². The van der Waals surface area contributed by atoms with E-state index in [0.29, 0.717) is 53.4 Å². The van der Waals surface area contributed by atoms with Gasteiger partial charge in [-0.2, -0.15) is 13.2 Å². The van der Waals surface area contributed by atoms with Crippen molar-refractivity contribution in [2.75, 3.05) is 43.9 Å². The number of aromatic nitrogens is 4. The van der Waals surface area contributed by atoms with Crippen molar-refractivity contribution in [3.8, 4) is 11.4 Å². The Labute approximate surface area is 275 Å². The van der Waals surface area contributed by atoms with Crippen LogP contribution in [0.15, 0.2) is 78.8 Å². The van der Waals surface area contributed by atoms with Crippen LogP contribution in [0.2, 0.25) is 0 Å². The fourth-order valence-electron chi connectivity index (χ4n) is 6.06. The fourth-order valence-corrected chi connectivity index (χ4v) is 6.06. The number of aromatic amines is 1. The lowest BCUT2D eigenvalue weighted by molar-refractivity contribution is -0.138. The van der Waals surface area contributed by atoms with Crippen LogP contribution in [0.4, 0.5) is 30.4 Å². The normalized spacial score (nSPS) is 15.4. The highest BCUT2D eigenvalue weighted by Crippen LogP contribution is 2.37. The SMILES string of the molecule is Cc1ccc(C(=O)Nc2ccc(CN3CCN(C)CC3)c(C(F)(F)F)c2)c(CC2=CC2)c1Nc1nc(-c2cccnc2)nc2cc[nH]c12. The molecule has 1 aliphatic carbocycles. The Balaban J connectivity index is 1.21. The molecule has 0 bridgehead atoms. The van der Waals surface area contributed by atoms with Gasteiger partial charge in [0.2, 0.25) is 0 Å². The molecule has 0 saturated carbocycles. The summed E-state index contributed by atoms with van der Waals surface area (Å²) < 4.78 is 42.8. The second-order valence-electron chi connectivity index (χ2n) is 12.4. The number of hydrogen-bond donors (Lipinski definition) is 3. The first-order valence-corrected chi connectivity index (χ1v) is 15.9. The molecule has 3 N–H and O–H groups in total. The van der Waals surface area contributed by atoms with E-state index in [2.05, 4.69) is 36.6 Å². The van der Waals surface area contributed by atoms with Crippen molar-refractivity contribution < 1.29 is 18.0 Å². The van der Waals surface area contributed by atoms with Crippen LogP contribution in [0, 0.1) is 6.92 Å². The Hall–Kier alpha value is -5.07. The molecule has 1 fully saturated rings. The molecule has 1 aliphatic heterocycles. The third-order valence-electron chi connectivity index (χ3n) is 8.89. The van der Waals surface area contributed by atoms with E-state index in [9.17, 15) is 18.0 Å². The third-order valence-corrected chi connectivity index (χ3v) is 8.89. The highest BCUT2D eigenvalue weighted by molar-refractivity contribution is 6.07. The Bertz CT molecular complexity index is 2010.